The van der Waals surface area contributed by atoms with E-state index in [9.17, 15) is 4.79 Å². The minimum Gasteiger partial charge on any atom is -0.309 e. The van der Waals surface area contributed by atoms with Gasteiger partial charge in [-0.3, -0.25) is 4.79 Å². The van der Waals surface area contributed by atoms with E-state index in [-0.39, 0.29) is 10.8 Å². The van der Waals surface area contributed by atoms with E-state index >= 15 is 0 Å². The van der Waals surface area contributed by atoms with Crippen molar-refractivity contribution < 1.29 is 0 Å². The van der Waals surface area contributed by atoms with E-state index in [1.54, 1.807) is 17.8 Å². The van der Waals surface area contributed by atoms with Gasteiger partial charge in [0.25, 0.3) is 5.56 Å². The Hall–Kier alpha value is -2.25. The first-order chi connectivity index (χ1) is 13.6. The van der Waals surface area contributed by atoms with Gasteiger partial charge in [0.15, 0.2) is 0 Å². The van der Waals surface area contributed by atoms with Crippen LogP contribution in [0.15, 0.2) is 34.1 Å². The zero-order valence-electron chi connectivity index (χ0n) is 15.8. The van der Waals surface area contributed by atoms with Crippen molar-refractivity contribution in [3.05, 3.63) is 56.7 Å². The lowest BCUT2D eigenvalue weighted by atomic mass is 9.97. The first kappa shape index (κ1) is 17.8. The van der Waals surface area contributed by atoms with E-state index in [0.29, 0.717) is 11.2 Å². The number of aryl methyl sites for hydroxylation is 3. The molecule has 1 aromatic carbocycles. The molecular formula is C21H20N4OS2. The summed E-state index contributed by atoms with van der Waals surface area (Å²) in [6.45, 7) is 4.02. The van der Waals surface area contributed by atoms with Crippen LogP contribution in [0.5, 0.6) is 0 Å². The summed E-state index contributed by atoms with van der Waals surface area (Å²) < 4.78 is 0. The van der Waals surface area contributed by atoms with E-state index in [1.165, 1.54) is 28.7 Å². The van der Waals surface area contributed by atoms with Gasteiger partial charge in [-0.15, -0.1) is 11.3 Å². The molecule has 3 heterocycles. The van der Waals surface area contributed by atoms with Gasteiger partial charge in [0.05, 0.1) is 16.2 Å². The van der Waals surface area contributed by atoms with Gasteiger partial charge in [0, 0.05) is 10.3 Å². The fraction of sp³-hybridized carbons (Fsp3) is 0.333. The SMILES string of the molecule is Cc1nc(S[C@H](C)c2nc3ccccc3c(=O)[nH]2)c2c3c(sc2n1)CCCC3. The van der Waals surface area contributed by atoms with E-state index < -0.39 is 0 Å². The Balaban J connectivity index is 1.58. The number of nitrogens with zero attached hydrogens (tertiary/aromatic N) is 3. The van der Waals surface area contributed by atoms with Crippen molar-refractivity contribution >= 4 is 44.2 Å². The zero-order chi connectivity index (χ0) is 19.3. The summed E-state index contributed by atoms with van der Waals surface area (Å²) in [5.74, 6) is 1.47. The molecular weight excluding hydrogens is 388 g/mol. The van der Waals surface area contributed by atoms with Crippen molar-refractivity contribution in [2.45, 2.75) is 49.8 Å². The average molecular weight is 409 g/mol. The average Bonchev–Trinajstić information content (AvgIpc) is 3.06. The van der Waals surface area contributed by atoms with Crippen LogP contribution in [0.1, 0.15) is 47.1 Å². The number of H-pyrrole nitrogens is 1. The highest BCUT2D eigenvalue weighted by atomic mass is 32.2. The van der Waals surface area contributed by atoms with Gasteiger partial charge in [0.2, 0.25) is 0 Å². The van der Waals surface area contributed by atoms with Crippen LogP contribution in [0.25, 0.3) is 21.1 Å². The number of benzene rings is 1. The molecule has 0 fully saturated rings. The monoisotopic (exact) mass is 408 g/mol. The number of nitrogens with one attached hydrogen (secondary N) is 1. The van der Waals surface area contributed by atoms with Crippen LogP contribution in [0, 0.1) is 6.92 Å². The van der Waals surface area contributed by atoms with Crippen LogP contribution in [0.4, 0.5) is 0 Å². The van der Waals surface area contributed by atoms with Crippen LogP contribution in [0.3, 0.4) is 0 Å². The number of fused-ring (bicyclic) bond motifs is 4. The zero-order valence-corrected chi connectivity index (χ0v) is 17.4. The van der Waals surface area contributed by atoms with Gasteiger partial charge >= 0.3 is 0 Å². The Morgan fingerprint density at radius 1 is 1.14 bits per heavy atom. The van der Waals surface area contributed by atoms with Gasteiger partial charge in [-0.05, 0) is 57.2 Å². The van der Waals surface area contributed by atoms with E-state index in [1.807, 2.05) is 36.5 Å². The Morgan fingerprint density at radius 2 is 1.96 bits per heavy atom. The number of thioether (sulfide) groups is 1. The standard InChI is InChI=1S/C21H20N4OS2/c1-11(18-24-15-9-5-3-7-13(15)19(26)25-18)27-20-17-14-8-4-6-10-16(14)28-21(17)23-12(2)22-20/h3,5,7,9,11H,4,6,8,10H2,1-2H3,(H,24,25,26)/t11-/m1/s1. The predicted molar refractivity (Wildman–Crippen MR) is 115 cm³/mol. The lowest BCUT2D eigenvalue weighted by molar-refractivity contribution is 0.699. The van der Waals surface area contributed by atoms with Crippen LogP contribution in [-0.2, 0) is 12.8 Å². The minimum absolute atomic E-state index is 0.0195. The van der Waals surface area contributed by atoms with Crippen molar-refractivity contribution in [3.63, 3.8) is 0 Å². The fourth-order valence-electron chi connectivity index (χ4n) is 3.83. The Labute approximate surface area is 170 Å². The third-order valence-electron chi connectivity index (χ3n) is 5.20. The molecule has 0 radical (unpaired) electrons. The van der Waals surface area contributed by atoms with Crippen molar-refractivity contribution in [3.8, 4) is 0 Å². The molecule has 0 bridgehead atoms. The van der Waals surface area contributed by atoms with Crippen molar-refractivity contribution in [2.24, 2.45) is 0 Å². The molecule has 0 saturated heterocycles. The number of hydrogen-bond acceptors (Lipinski definition) is 6. The summed E-state index contributed by atoms with van der Waals surface area (Å²) in [5, 5.41) is 2.82. The lowest BCUT2D eigenvalue weighted by Gasteiger charge is -2.14. The van der Waals surface area contributed by atoms with Crippen LogP contribution >= 0.6 is 23.1 Å². The number of aromatic nitrogens is 4. The summed E-state index contributed by atoms with van der Waals surface area (Å²) in [6, 6.07) is 7.45. The fourth-order valence-corrected chi connectivity index (χ4v) is 6.28. The highest BCUT2D eigenvalue weighted by molar-refractivity contribution is 7.99. The van der Waals surface area contributed by atoms with Crippen LogP contribution in [-0.4, -0.2) is 19.9 Å². The Morgan fingerprint density at radius 3 is 2.86 bits per heavy atom. The largest absolute Gasteiger partial charge is 0.309 e. The van der Waals surface area contributed by atoms with Crippen LogP contribution < -0.4 is 5.56 Å². The highest BCUT2D eigenvalue weighted by Crippen LogP contribution is 2.42. The van der Waals surface area contributed by atoms with Gasteiger partial charge in [-0.1, -0.05) is 23.9 Å². The van der Waals surface area contributed by atoms with E-state index in [4.69, 9.17) is 15.0 Å². The third kappa shape index (κ3) is 3.02. The molecule has 4 aromatic rings. The van der Waals surface area contributed by atoms with Gasteiger partial charge in [-0.25, -0.2) is 15.0 Å². The highest BCUT2D eigenvalue weighted by Gasteiger charge is 2.23. The molecule has 1 atom stereocenters. The smallest absolute Gasteiger partial charge is 0.258 e. The van der Waals surface area contributed by atoms with E-state index in [0.717, 1.165) is 34.0 Å². The molecule has 1 N–H and O–H groups in total. The molecule has 142 valence electrons. The van der Waals surface area contributed by atoms with Crippen molar-refractivity contribution in [1.29, 1.82) is 0 Å². The van der Waals surface area contributed by atoms with Crippen molar-refractivity contribution in [2.75, 3.05) is 0 Å². The first-order valence-electron chi connectivity index (χ1n) is 9.54. The molecule has 0 amide bonds. The van der Waals surface area contributed by atoms with Gasteiger partial charge < -0.3 is 4.98 Å². The summed E-state index contributed by atoms with van der Waals surface area (Å²) in [6.07, 6.45) is 4.74. The molecule has 5 rings (SSSR count). The molecule has 5 nitrogen and oxygen atoms in total. The normalized spacial score (nSPS) is 15.1. The molecule has 0 unspecified atom stereocenters. The number of aromatic amines is 1. The maximum Gasteiger partial charge on any atom is 0.258 e. The summed E-state index contributed by atoms with van der Waals surface area (Å²) in [7, 11) is 0. The molecule has 1 aliphatic carbocycles. The van der Waals surface area contributed by atoms with Gasteiger partial charge in [-0.2, -0.15) is 0 Å². The first-order valence-corrected chi connectivity index (χ1v) is 11.2. The second-order valence-corrected chi connectivity index (χ2v) is 9.61. The second-order valence-electron chi connectivity index (χ2n) is 7.20. The second kappa shape index (κ2) is 6.97. The summed E-state index contributed by atoms with van der Waals surface area (Å²) in [5.41, 5.74) is 2.07. The number of thiophene rings is 1. The summed E-state index contributed by atoms with van der Waals surface area (Å²) >= 11 is 3.48. The maximum atomic E-state index is 12.4. The maximum absolute atomic E-state index is 12.4. The molecule has 1 aliphatic rings. The summed E-state index contributed by atoms with van der Waals surface area (Å²) in [4.78, 5) is 32.1. The van der Waals surface area contributed by atoms with Crippen LogP contribution in [0.2, 0.25) is 0 Å². The van der Waals surface area contributed by atoms with Gasteiger partial charge in [0.1, 0.15) is 21.5 Å². The molecule has 0 saturated carbocycles. The topological polar surface area (TPSA) is 71.5 Å². The molecule has 3 aromatic heterocycles. The molecule has 7 heteroatoms. The van der Waals surface area contributed by atoms with Crippen molar-refractivity contribution in [1.82, 2.24) is 19.9 Å². The quantitative estimate of drug-likeness (QED) is 0.383. The lowest BCUT2D eigenvalue weighted by Crippen LogP contribution is -2.12. The predicted octanol–water partition coefficient (Wildman–Crippen LogP) is 4.97. The number of rotatable bonds is 3. The molecule has 0 spiro atoms. The molecule has 28 heavy (non-hydrogen) atoms. The molecule has 0 aliphatic heterocycles. The third-order valence-corrected chi connectivity index (χ3v) is 7.48. The Kier molecular flexibility index (Phi) is 4.44. The number of para-hydroxylation sites is 1. The minimum atomic E-state index is -0.0926. The Bertz CT molecular complexity index is 1260. The number of hydrogen-bond donors (Lipinski definition) is 1. The van der Waals surface area contributed by atoms with E-state index in [2.05, 4.69) is 11.9 Å².